The van der Waals surface area contributed by atoms with Crippen molar-refractivity contribution in [3.05, 3.63) is 12.3 Å². The van der Waals surface area contributed by atoms with Gasteiger partial charge >= 0.3 is 0 Å². The molecule has 1 aliphatic rings. The number of H-pyrrole nitrogens is 1. The van der Waals surface area contributed by atoms with Crippen LogP contribution in [0.15, 0.2) is 12.3 Å². The number of carbonyl (C=O) groups is 1. The Hall–Kier alpha value is -1.41. The van der Waals surface area contributed by atoms with E-state index in [2.05, 4.69) is 15.5 Å². The molecule has 1 fully saturated rings. The normalized spacial score (nSPS) is 20.6. The summed E-state index contributed by atoms with van der Waals surface area (Å²) in [4.78, 5) is 12.1. The Morgan fingerprint density at radius 3 is 3.05 bits per heavy atom. The zero-order chi connectivity index (χ0) is 13.9. The molecule has 0 aromatic carbocycles. The second-order valence-electron chi connectivity index (χ2n) is 4.54. The zero-order valence-corrected chi connectivity index (χ0v) is 11.6. The van der Waals surface area contributed by atoms with Crippen molar-refractivity contribution in [3.63, 3.8) is 0 Å². The van der Waals surface area contributed by atoms with Crippen LogP contribution in [-0.2, 0) is 14.8 Å². The van der Waals surface area contributed by atoms with Gasteiger partial charge in [-0.15, -0.1) is 0 Å². The largest absolute Gasteiger partial charge is 0.310 e. The predicted molar refractivity (Wildman–Crippen MR) is 71.0 cm³/mol. The van der Waals surface area contributed by atoms with Gasteiger partial charge in [-0.1, -0.05) is 6.92 Å². The minimum atomic E-state index is -3.34. The third kappa shape index (κ3) is 3.13. The van der Waals surface area contributed by atoms with Crippen LogP contribution in [0.5, 0.6) is 0 Å². The molecule has 0 aliphatic carbocycles. The summed E-state index contributed by atoms with van der Waals surface area (Å²) in [6.45, 7) is 2.23. The number of nitrogens with zero attached hydrogens (tertiary/aromatic N) is 2. The maximum Gasteiger partial charge on any atom is 0.243 e. The van der Waals surface area contributed by atoms with Crippen molar-refractivity contribution in [3.8, 4) is 0 Å². The van der Waals surface area contributed by atoms with Crippen molar-refractivity contribution < 1.29 is 13.2 Å². The number of rotatable bonds is 5. The van der Waals surface area contributed by atoms with Gasteiger partial charge in [0.2, 0.25) is 15.9 Å². The second kappa shape index (κ2) is 5.70. The topological polar surface area (TPSA) is 95.2 Å². The molecule has 19 heavy (non-hydrogen) atoms. The third-order valence-electron chi connectivity index (χ3n) is 3.08. The van der Waals surface area contributed by atoms with Crippen molar-refractivity contribution in [2.45, 2.75) is 32.2 Å². The fourth-order valence-electron chi connectivity index (χ4n) is 2.25. The average Bonchev–Trinajstić information content (AvgIpc) is 2.98. The van der Waals surface area contributed by atoms with Gasteiger partial charge in [0.25, 0.3) is 0 Å². The number of carbonyl (C=O) groups excluding carboxylic acids is 1. The van der Waals surface area contributed by atoms with Crippen LogP contribution in [0.4, 0.5) is 5.82 Å². The molecule has 7 nitrogen and oxygen atoms in total. The summed E-state index contributed by atoms with van der Waals surface area (Å²) in [5.41, 5.74) is 0. The van der Waals surface area contributed by atoms with E-state index in [1.165, 1.54) is 10.5 Å². The van der Waals surface area contributed by atoms with Gasteiger partial charge < -0.3 is 5.32 Å². The van der Waals surface area contributed by atoms with Gasteiger partial charge in [-0.25, -0.2) is 8.42 Å². The first-order valence-corrected chi connectivity index (χ1v) is 7.95. The summed E-state index contributed by atoms with van der Waals surface area (Å²) in [6.07, 6.45) is 3.34. The predicted octanol–water partition coefficient (Wildman–Crippen LogP) is 0.552. The molecule has 1 unspecified atom stereocenters. The third-order valence-corrected chi connectivity index (χ3v) is 5.16. The van der Waals surface area contributed by atoms with E-state index in [9.17, 15) is 13.2 Å². The van der Waals surface area contributed by atoms with Crippen LogP contribution in [0.25, 0.3) is 0 Å². The molecule has 1 aromatic rings. The number of anilines is 1. The van der Waals surface area contributed by atoms with E-state index in [1.54, 1.807) is 6.07 Å². The molecule has 0 saturated carbocycles. The van der Waals surface area contributed by atoms with Crippen LogP contribution in [0.1, 0.15) is 26.2 Å². The molecule has 1 atom stereocenters. The first-order valence-electron chi connectivity index (χ1n) is 6.34. The van der Waals surface area contributed by atoms with Crippen molar-refractivity contribution in [1.82, 2.24) is 14.5 Å². The van der Waals surface area contributed by atoms with Crippen LogP contribution in [0, 0.1) is 0 Å². The lowest BCUT2D eigenvalue weighted by Crippen LogP contribution is -2.44. The molecule has 106 valence electrons. The quantitative estimate of drug-likeness (QED) is 0.826. The highest BCUT2D eigenvalue weighted by Gasteiger charge is 2.38. The molecule has 8 heteroatoms. The van der Waals surface area contributed by atoms with E-state index in [0.717, 1.165) is 0 Å². The van der Waals surface area contributed by atoms with Crippen LogP contribution in [0.2, 0.25) is 0 Å². The Balaban J connectivity index is 2.08. The van der Waals surface area contributed by atoms with Gasteiger partial charge in [0, 0.05) is 12.6 Å². The minimum Gasteiger partial charge on any atom is -0.310 e. The van der Waals surface area contributed by atoms with E-state index in [1.807, 2.05) is 6.92 Å². The van der Waals surface area contributed by atoms with Crippen molar-refractivity contribution in [2.24, 2.45) is 0 Å². The average molecular weight is 286 g/mol. The summed E-state index contributed by atoms with van der Waals surface area (Å²) < 4.78 is 25.5. The molecule has 0 bridgehead atoms. The molecule has 1 saturated heterocycles. The van der Waals surface area contributed by atoms with Crippen molar-refractivity contribution >= 4 is 21.7 Å². The lowest BCUT2D eigenvalue weighted by molar-refractivity contribution is -0.119. The highest BCUT2D eigenvalue weighted by Crippen LogP contribution is 2.22. The standard InChI is InChI=1S/C11H18N4O3S/c1-2-8-19(17,18)15-7-3-4-9(15)11(16)13-10-5-6-12-14-10/h5-6,9H,2-4,7-8H2,1H3,(H2,12,13,14,16). The zero-order valence-electron chi connectivity index (χ0n) is 10.8. The SMILES string of the molecule is CCCS(=O)(=O)N1CCCC1C(=O)Nc1ccn[nH]1. The Morgan fingerprint density at radius 1 is 1.63 bits per heavy atom. The molecule has 2 N–H and O–H groups in total. The lowest BCUT2D eigenvalue weighted by Gasteiger charge is -2.22. The number of nitrogens with one attached hydrogen (secondary N) is 2. The van der Waals surface area contributed by atoms with E-state index in [4.69, 9.17) is 0 Å². The van der Waals surface area contributed by atoms with E-state index < -0.39 is 16.1 Å². The van der Waals surface area contributed by atoms with Gasteiger partial charge in [-0.2, -0.15) is 9.40 Å². The summed E-state index contributed by atoms with van der Waals surface area (Å²) in [5.74, 6) is 0.257. The van der Waals surface area contributed by atoms with E-state index >= 15 is 0 Å². The Kier molecular flexibility index (Phi) is 4.20. The Morgan fingerprint density at radius 2 is 2.42 bits per heavy atom. The number of aromatic amines is 1. The number of hydrogen-bond donors (Lipinski definition) is 2. The molecular weight excluding hydrogens is 268 g/mol. The van der Waals surface area contributed by atoms with Gasteiger partial charge in [0.15, 0.2) is 0 Å². The molecule has 2 rings (SSSR count). The van der Waals surface area contributed by atoms with E-state index in [-0.39, 0.29) is 11.7 Å². The number of sulfonamides is 1. The van der Waals surface area contributed by atoms with E-state index in [0.29, 0.717) is 31.6 Å². The molecule has 2 heterocycles. The number of aromatic nitrogens is 2. The summed E-state index contributed by atoms with van der Waals surface area (Å²) >= 11 is 0. The summed E-state index contributed by atoms with van der Waals surface area (Å²) in [5, 5.41) is 8.99. The first kappa shape index (κ1) is 14.0. The molecule has 1 aromatic heterocycles. The van der Waals surface area contributed by atoms with Gasteiger partial charge in [0.1, 0.15) is 11.9 Å². The maximum atomic E-state index is 12.1. The highest BCUT2D eigenvalue weighted by molar-refractivity contribution is 7.89. The highest BCUT2D eigenvalue weighted by atomic mass is 32.2. The van der Waals surface area contributed by atoms with Crippen LogP contribution < -0.4 is 5.32 Å². The van der Waals surface area contributed by atoms with Crippen LogP contribution in [-0.4, -0.2) is 47.2 Å². The molecule has 1 aliphatic heterocycles. The number of hydrogen-bond acceptors (Lipinski definition) is 4. The van der Waals surface area contributed by atoms with Crippen LogP contribution >= 0.6 is 0 Å². The second-order valence-corrected chi connectivity index (χ2v) is 6.59. The Bertz CT molecular complexity index is 526. The fourth-order valence-corrected chi connectivity index (χ4v) is 4.00. The first-order chi connectivity index (χ1) is 9.04. The molecular formula is C11H18N4O3S. The molecule has 1 amide bonds. The fraction of sp³-hybridized carbons (Fsp3) is 0.636. The molecule has 0 spiro atoms. The Labute approximate surface area is 112 Å². The van der Waals surface area contributed by atoms with Gasteiger partial charge in [-0.05, 0) is 19.3 Å². The lowest BCUT2D eigenvalue weighted by atomic mass is 10.2. The van der Waals surface area contributed by atoms with Crippen molar-refractivity contribution in [2.75, 3.05) is 17.6 Å². The number of amides is 1. The molecule has 0 radical (unpaired) electrons. The monoisotopic (exact) mass is 286 g/mol. The summed E-state index contributed by atoms with van der Waals surface area (Å²) in [6, 6.07) is 1.01. The van der Waals surface area contributed by atoms with Gasteiger partial charge in [-0.3, -0.25) is 9.89 Å². The smallest absolute Gasteiger partial charge is 0.243 e. The minimum absolute atomic E-state index is 0.0842. The van der Waals surface area contributed by atoms with Crippen LogP contribution in [0.3, 0.4) is 0 Å². The maximum absolute atomic E-state index is 12.1. The van der Waals surface area contributed by atoms with Gasteiger partial charge in [0.05, 0.1) is 11.9 Å². The van der Waals surface area contributed by atoms with Crippen molar-refractivity contribution in [1.29, 1.82) is 0 Å². The summed E-state index contributed by atoms with van der Waals surface area (Å²) in [7, 11) is -3.34.